The first-order valence-corrected chi connectivity index (χ1v) is 12.7. The molecule has 33 heavy (non-hydrogen) atoms. The summed E-state index contributed by atoms with van der Waals surface area (Å²) in [5.41, 5.74) is 3.16. The number of aromatic nitrogens is 2. The van der Waals surface area contributed by atoms with Crippen molar-refractivity contribution in [1.29, 1.82) is 0 Å². The number of pyridine rings is 1. The first-order valence-electron chi connectivity index (χ1n) is 11.9. The number of nitrogens with zero attached hydrogens (tertiary/aromatic N) is 2. The smallest absolute Gasteiger partial charge is 0.184 e. The maximum atomic E-state index is 13.8. The van der Waals surface area contributed by atoms with E-state index in [2.05, 4.69) is 29.4 Å². The summed E-state index contributed by atoms with van der Waals surface area (Å²) in [4.78, 5) is 9.16. The third-order valence-electron chi connectivity index (χ3n) is 6.75. The summed E-state index contributed by atoms with van der Waals surface area (Å²) in [7, 11) is 0. The zero-order chi connectivity index (χ0) is 22.8. The van der Waals surface area contributed by atoms with Crippen molar-refractivity contribution in [2.75, 3.05) is 11.9 Å². The van der Waals surface area contributed by atoms with Crippen molar-refractivity contribution in [3.63, 3.8) is 0 Å². The fraction of sp³-hybridized carbons (Fsp3) is 0.407. The molecular weight excluding hydrogens is 433 g/mol. The van der Waals surface area contributed by atoms with Gasteiger partial charge in [0.1, 0.15) is 11.6 Å². The van der Waals surface area contributed by atoms with Gasteiger partial charge in [-0.2, -0.15) is 0 Å². The molecule has 2 aromatic heterocycles. The fourth-order valence-corrected chi connectivity index (χ4v) is 6.20. The van der Waals surface area contributed by atoms with E-state index < -0.39 is 0 Å². The van der Waals surface area contributed by atoms with Crippen LogP contribution in [-0.2, 0) is 0 Å². The Kier molecular flexibility index (Phi) is 6.45. The maximum Gasteiger partial charge on any atom is 0.184 e. The molecule has 1 aliphatic rings. The van der Waals surface area contributed by atoms with Gasteiger partial charge in [0.15, 0.2) is 5.13 Å². The Balaban J connectivity index is 1.18. The summed E-state index contributed by atoms with van der Waals surface area (Å²) >= 11 is 1.69. The molecule has 0 amide bonds. The molecule has 4 aromatic rings. The topological polar surface area (TPSA) is 47.0 Å². The lowest BCUT2D eigenvalue weighted by Crippen LogP contribution is -2.22. The highest BCUT2D eigenvalue weighted by molar-refractivity contribution is 7.22. The van der Waals surface area contributed by atoms with E-state index in [1.807, 2.05) is 25.3 Å². The summed E-state index contributed by atoms with van der Waals surface area (Å²) in [6.07, 6.45) is 7.70. The van der Waals surface area contributed by atoms with E-state index in [4.69, 9.17) is 9.72 Å². The normalized spacial score (nSPS) is 19.6. The number of hydrogen-bond acceptors (Lipinski definition) is 5. The van der Waals surface area contributed by atoms with Crippen LogP contribution in [0.1, 0.15) is 57.4 Å². The van der Waals surface area contributed by atoms with Crippen molar-refractivity contribution in [3.05, 3.63) is 60.0 Å². The van der Waals surface area contributed by atoms with Gasteiger partial charge in [-0.05, 0) is 106 Å². The number of fused-ring (bicyclic) bond motifs is 2. The highest BCUT2D eigenvalue weighted by atomic mass is 32.1. The van der Waals surface area contributed by atoms with Gasteiger partial charge in [-0.25, -0.2) is 9.37 Å². The maximum absolute atomic E-state index is 13.8. The van der Waals surface area contributed by atoms with Gasteiger partial charge < -0.3 is 10.1 Å². The first kappa shape index (κ1) is 22.1. The number of benzene rings is 2. The number of thiazole rings is 1. The minimum Gasteiger partial charge on any atom is -0.494 e. The van der Waals surface area contributed by atoms with E-state index in [0.29, 0.717) is 24.5 Å². The van der Waals surface area contributed by atoms with Crippen LogP contribution in [0.25, 0.3) is 21.1 Å². The third-order valence-corrected chi connectivity index (χ3v) is 7.70. The first-order chi connectivity index (χ1) is 16.1. The van der Waals surface area contributed by atoms with E-state index >= 15 is 0 Å². The Morgan fingerprint density at radius 2 is 1.91 bits per heavy atom. The number of ether oxygens (including phenoxy) is 1. The van der Waals surface area contributed by atoms with Gasteiger partial charge in [-0.3, -0.25) is 4.98 Å². The van der Waals surface area contributed by atoms with Gasteiger partial charge in [0, 0.05) is 17.6 Å². The molecule has 1 saturated carbocycles. The number of anilines is 1. The van der Waals surface area contributed by atoms with Gasteiger partial charge >= 0.3 is 0 Å². The van der Waals surface area contributed by atoms with Crippen molar-refractivity contribution in [2.24, 2.45) is 5.92 Å². The molecule has 2 aromatic carbocycles. The van der Waals surface area contributed by atoms with E-state index in [9.17, 15) is 4.39 Å². The monoisotopic (exact) mass is 463 g/mol. The van der Waals surface area contributed by atoms with Gasteiger partial charge in [0.2, 0.25) is 0 Å². The lowest BCUT2D eigenvalue weighted by molar-refractivity contribution is 0.302. The molecule has 0 radical (unpaired) electrons. The average Bonchev–Trinajstić information content (AvgIpc) is 3.21. The Morgan fingerprint density at radius 3 is 2.73 bits per heavy atom. The largest absolute Gasteiger partial charge is 0.494 e. The Bertz CT molecular complexity index is 1250. The van der Waals surface area contributed by atoms with Crippen LogP contribution in [0, 0.1) is 11.7 Å². The van der Waals surface area contributed by atoms with Crippen LogP contribution >= 0.6 is 11.3 Å². The zero-order valence-corrected chi connectivity index (χ0v) is 20.0. The minimum atomic E-state index is -0.186. The average molecular weight is 464 g/mol. The summed E-state index contributed by atoms with van der Waals surface area (Å²) in [5, 5.41) is 5.57. The number of halogens is 1. The summed E-state index contributed by atoms with van der Waals surface area (Å²) in [6, 6.07) is 13.5. The molecule has 1 atom stereocenters. The Labute approximate surface area is 198 Å². The van der Waals surface area contributed by atoms with Crippen molar-refractivity contribution < 1.29 is 9.13 Å². The second-order valence-corrected chi connectivity index (χ2v) is 10.2. The van der Waals surface area contributed by atoms with Gasteiger partial charge in [-0.1, -0.05) is 11.3 Å². The number of hydrogen-bond donors (Lipinski definition) is 1. The third kappa shape index (κ3) is 4.96. The highest BCUT2D eigenvalue weighted by Gasteiger charge is 2.25. The predicted octanol–water partition coefficient (Wildman–Crippen LogP) is 7.55. The number of rotatable bonds is 7. The van der Waals surface area contributed by atoms with Crippen LogP contribution in [0.3, 0.4) is 0 Å². The van der Waals surface area contributed by atoms with E-state index in [0.717, 1.165) is 51.3 Å². The molecular formula is C27H30FN3OS. The number of nitrogens with one attached hydrogen (secondary N) is 1. The van der Waals surface area contributed by atoms with Crippen LogP contribution in [0.5, 0.6) is 5.75 Å². The van der Waals surface area contributed by atoms with Crippen molar-refractivity contribution in [3.8, 4) is 5.75 Å². The van der Waals surface area contributed by atoms with Crippen molar-refractivity contribution >= 4 is 37.6 Å². The predicted molar refractivity (Wildman–Crippen MR) is 135 cm³/mol. The van der Waals surface area contributed by atoms with Crippen molar-refractivity contribution in [1.82, 2.24) is 9.97 Å². The van der Waals surface area contributed by atoms with Crippen LogP contribution in [0.2, 0.25) is 0 Å². The van der Waals surface area contributed by atoms with Crippen LogP contribution < -0.4 is 10.1 Å². The molecule has 1 N–H and O–H groups in total. The zero-order valence-electron chi connectivity index (χ0n) is 19.2. The van der Waals surface area contributed by atoms with Crippen molar-refractivity contribution in [2.45, 2.75) is 57.9 Å². The van der Waals surface area contributed by atoms with Crippen LogP contribution in [0.4, 0.5) is 9.52 Å². The molecule has 6 heteroatoms. The van der Waals surface area contributed by atoms with Gasteiger partial charge in [0.05, 0.1) is 22.3 Å². The minimum absolute atomic E-state index is 0.186. The molecule has 0 spiro atoms. The van der Waals surface area contributed by atoms with Crippen LogP contribution in [0.15, 0.2) is 48.7 Å². The summed E-state index contributed by atoms with van der Waals surface area (Å²) < 4.78 is 20.6. The summed E-state index contributed by atoms with van der Waals surface area (Å²) in [6.45, 7) is 4.92. The molecule has 0 saturated heterocycles. The Morgan fingerprint density at radius 1 is 1.09 bits per heavy atom. The second kappa shape index (κ2) is 9.64. The fourth-order valence-electron chi connectivity index (χ4n) is 5.20. The van der Waals surface area contributed by atoms with E-state index in [1.54, 1.807) is 23.5 Å². The molecule has 5 rings (SSSR count). The van der Waals surface area contributed by atoms with E-state index in [-0.39, 0.29) is 5.82 Å². The second-order valence-electron chi connectivity index (χ2n) is 9.14. The quantitative estimate of drug-likeness (QED) is 0.307. The molecule has 1 unspecified atom stereocenters. The molecule has 0 bridgehead atoms. The summed E-state index contributed by atoms with van der Waals surface area (Å²) in [5.74, 6) is 1.90. The molecule has 0 aliphatic heterocycles. The molecule has 2 heterocycles. The Hall–Kier alpha value is -2.73. The molecule has 1 fully saturated rings. The highest BCUT2D eigenvalue weighted by Crippen LogP contribution is 2.40. The molecule has 1 aliphatic carbocycles. The van der Waals surface area contributed by atoms with Gasteiger partial charge in [-0.15, -0.1) is 0 Å². The lowest BCUT2D eigenvalue weighted by Gasteiger charge is -2.31. The van der Waals surface area contributed by atoms with Crippen LogP contribution in [-0.4, -0.2) is 22.6 Å². The molecule has 172 valence electrons. The van der Waals surface area contributed by atoms with Gasteiger partial charge in [0.25, 0.3) is 0 Å². The SMILES string of the molecule is CCOc1ccc2nc(NC(C)C[C@H]3CC[C@@H](c4ccnc5ccc(F)cc54)CC3)sc2c1. The molecule has 4 nitrogen and oxygen atoms in total. The standard InChI is InChI=1S/C27H30FN3OS/c1-3-32-21-9-11-25-26(16-21)33-27(31-25)30-17(2)14-18-4-6-19(7-5-18)22-12-13-29-24-10-8-20(28)15-23(22)24/h8-13,15-19H,3-7,14H2,1-2H3,(H,30,31)/t17?,18-,19+. The van der Waals surface area contributed by atoms with E-state index in [1.165, 1.54) is 24.5 Å². The lowest BCUT2D eigenvalue weighted by atomic mass is 9.76.